The molecular weight excluding hydrogens is 248 g/mol. The summed E-state index contributed by atoms with van der Waals surface area (Å²) in [7, 11) is 1.66. The second-order valence-electron chi connectivity index (χ2n) is 3.00. The van der Waals surface area contributed by atoms with Crippen LogP contribution in [0.1, 0.15) is 5.82 Å². The molecule has 2 heterocycles. The van der Waals surface area contributed by atoms with Gasteiger partial charge in [-0.2, -0.15) is 4.80 Å². The van der Waals surface area contributed by atoms with E-state index in [0.29, 0.717) is 16.7 Å². The Labute approximate surface area is 99.0 Å². The number of aryl methyl sites for hydroxylation is 1. The molecule has 0 radical (unpaired) electrons. The molecule has 2 aromatic rings. The normalized spacial score (nSPS) is 10.6. The highest BCUT2D eigenvalue weighted by molar-refractivity contribution is 7.98. The van der Waals surface area contributed by atoms with Crippen LogP contribution in [0.3, 0.4) is 0 Å². The first-order valence-electron chi connectivity index (χ1n) is 4.49. The maximum absolute atomic E-state index is 10.5. The van der Waals surface area contributed by atoms with E-state index in [4.69, 9.17) is 5.11 Å². The standard InChI is InChI=1S/C6H8N8O2S/c1-13-9-4(7-11-13)3-17-6-8-10-12-14(6)2-5(15)16/h2-3H2,1H3,(H,15,16). The number of nitrogens with zero attached hydrogens (tertiary/aromatic N) is 8. The van der Waals surface area contributed by atoms with Gasteiger partial charge in [-0.05, 0) is 15.6 Å². The van der Waals surface area contributed by atoms with E-state index in [1.807, 2.05) is 0 Å². The Kier molecular flexibility index (Phi) is 3.27. The summed E-state index contributed by atoms with van der Waals surface area (Å²) in [6, 6.07) is 0. The lowest BCUT2D eigenvalue weighted by Gasteiger charge is -1.98. The third kappa shape index (κ3) is 2.96. The maximum atomic E-state index is 10.5. The summed E-state index contributed by atoms with van der Waals surface area (Å²) in [5, 5.41) is 31.2. The molecular formula is C6H8N8O2S. The minimum Gasteiger partial charge on any atom is -0.480 e. The Hall–Kier alpha value is -2.04. The second kappa shape index (κ2) is 4.86. The molecule has 0 bridgehead atoms. The molecule has 0 unspecified atom stereocenters. The predicted molar refractivity (Wildman–Crippen MR) is 53.8 cm³/mol. The van der Waals surface area contributed by atoms with Gasteiger partial charge in [-0.1, -0.05) is 11.8 Å². The number of hydrogen-bond donors (Lipinski definition) is 1. The summed E-state index contributed by atoms with van der Waals surface area (Å²) < 4.78 is 1.20. The molecule has 0 amide bonds. The molecule has 10 nitrogen and oxygen atoms in total. The van der Waals surface area contributed by atoms with Gasteiger partial charge in [0.25, 0.3) is 0 Å². The van der Waals surface area contributed by atoms with Gasteiger partial charge in [0.2, 0.25) is 5.16 Å². The predicted octanol–water partition coefficient (Wildman–Crippen LogP) is -1.43. The molecule has 2 rings (SSSR count). The molecule has 0 aromatic carbocycles. The number of aromatic nitrogens is 8. The van der Waals surface area contributed by atoms with Gasteiger partial charge in [0.15, 0.2) is 5.82 Å². The fourth-order valence-corrected chi connectivity index (χ4v) is 1.76. The van der Waals surface area contributed by atoms with Crippen LogP contribution in [0.2, 0.25) is 0 Å². The Morgan fingerprint density at radius 2 is 2.24 bits per heavy atom. The lowest BCUT2D eigenvalue weighted by atomic mass is 10.7. The number of hydrogen-bond acceptors (Lipinski definition) is 8. The van der Waals surface area contributed by atoms with E-state index < -0.39 is 5.97 Å². The van der Waals surface area contributed by atoms with E-state index in [0.717, 1.165) is 0 Å². The smallest absolute Gasteiger partial charge is 0.325 e. The van der Waals surface area contributed by atoms with Crippen LogP contribution < -0.4 is 0 Å². The number of rotatable bonds is 5. The zero-order valence-corrected chi connectivity index (χ0v) is 9.57. The SMILES string of the molecule is Cn1nnc(CSc2nnnn2CC(=O)O)n1. The third-order valence-electron chi connectivity index (χ3n) is 1.66. The number of carbonyl (C=O) groups is 1. The second-order valence-corrected chi connectivity index (χ2v) is 3.94. The minimum absolute atomic E-state index is 0.275. The van der Waals surface area contributed by atoms with Crippen LogP contribution in [0.15, 0.2) is 5.16 Å². The number of carboxylic acids is 1. The van der Waals surface area contributed by atoms with Gasteiger partial charge in [0.1, 0.15) is 6.54 Å². The van der Waals surface area contributed by atoms with Gasteiger partial charge in [-0.25, -0.2) is 4.68 Å². The van der Waals surface area contributed by atoms with Crippen molar-refractivity contribution in [2.75, 3.05) is 0 Å². The van der Waals surface area contributed by atoms with Crippen molar-refractivity contribution in [2.24, 2.45) is 7.05 Å². The largest absolute Gasteiger partial charge is 0.480 e. The Morgan fingerprint density at radius 1 is 1.41 bits per heavy atom. The van der Waals surface area contributed by atoms with Crippen molar-refractivity contribution in [3.05, 3.63) is 5.82 Å². The summed E-state index contributed by atoms with van der Waals surface area (Å²) >= 11 is 1.25. The van der Waals surface area contributed by atoms with Crippen LogP contribution in [0.4, 0.5) is 0 Å². The fraction of sp³-hybridized carbons (Fsp3) is 0.500. The van der Waals surface area contributed by atoms with Gasteiger partial charge in [-0.15, -0.1) is 15.3 Å². The highest BCUT2D eigenvalue weighted by atomic mass is 32.2. The molecule has 2 aromatic heterocycles. The van der Waals surface area contributed by atoms with Crippen LogP contribution in [0.25, 0.3) is 0 Å². The van der Waals surface area contributed by atoms with Crippen molar-refractivity contribution in [1.29, 1.82) is 0 Å². The molecule has 0 aliphatic rings. The van der Waals surface area contributed by atoms with Gasteiger partial charge in [0.05, 0.1) is 12.8 Å². The molecule has 1 N–H and O–H groups in total. The lowest BCUT2D eigenvalue weighted by Crippen LogP contribution is -2.11. The van der Waals surface area contributed by atoms with Crippen LogP contribution in [-0.2, 0) is 24.1 Å². The summed E-state index contributed by atoms with van der Waals surface area (Å²) in [4.78, 5) is 11.9. The molecule has 17 heavy (non-hydrogen) atoms. The van der Waals surface area contributed by atoms with Crippen molar-refractivity contribution in [3.8, 4) is 0 Å². The van der Waals surface area contributed by atoms with Gasteiger partial charge >= 0.3 is 5.97 Å². The summed E-state index contributed by atoms with van der Waals surface area (Å²) in [6.07, 6.45) is 0. The average molecular weight is 256 g/mol. The molecule has 0 fully saturated rings. The molecule has 0 aliphatic heterocycles. The van der Waals surface area contributed by atoms with E-state index in [9.17, 15) is 4.79 Å². The van der Waals surface area contributed by atoms with Crippen molar-refractivity contribution in [2.45, 2.75) is 17.5 Å². The third-order valence-corrected chi connectivity index (χ3v) is 2.62. The first-order valence-corrected chi connectivity index (χ1v) is 5.47. The number of tetrazole rings is 2. The van der Waals surface area contributed by atoms with Gasteiger partial charge < -0.3 is 5.11 Å². The highest BCUT2D eigenvalue weighted by Crippen LogP contribution is 2.17. The van der Waals surface area contributed by atoms with Crippen molar-refractivity contribution in [1.82, 2.24) is 40.4 Å². The van der Waals surface area contributed by atoms with E-state index >= 15 is 0 Å². The first kappa shape index (κ1) is 11.4. The summed E-state index contributed by atoms with van der Waals surface area (Å²) in [6.45, 7) is -0.275. The maximum Gasteiger partial charge on any atom is 0.325 e. The molecule has 0 atom stereocenters. The Bertz CT molecular complexity index is 522. The number of aliphatic carboxylic acids is 1. The molecule has 90 valence electrons. The molecule has 0 saturated carbocycles. The molecule has 0 saturated heterocycles. The van der Waals surface area contributed by atoms with E-state index in [1.165, 1.54) is 21.2 Å². The first-order chi connectivity index (χ1) is 8.15. The zero-order chi connectivity index (χ0) is 12.3. The van der Waals surface area contributed by atoms with Crippen LogP contribution in [0, 0.1) is 0 Å². The van der Waals surface area contributed by atoms with Crippen LogP contribution >= 0.6 is 11.8 Å². The van der Waals surface area contributed by atoms with Gasteiger partial charge in [0, 0.05) is 0 Å². The van der Waals surface area contributed by atoms with Crippen LogP contribution in [0.5, 0.6) is 0 Å². The Morgan fingerprint density at radius 3 is 2.88 bits per heavy atom. The van der Waals surface area contributed by atoms with Crippen LogP contribution in [-0.4, -0.2) is 51.5 Å². The van der Waals surface area contributed by atoms with Crippen molar-refractivity contribution < 1.29 is 9.90 Å². The van der Waals surface area contributed by atoms with E-state index in [1.54, 1.807) is 7.05 Å². The van der Waals surface area contributed by atoms with E-state index in [-0.39, 0.29) is 6.54 Å². The molecule has 11 heteroatoms. The number of carboxylic acid groups (broad SMARTS) is 1. The fourth-order valence-electron chi connectivity index (χ4n) is 1.04. The topological polar surface area (TPSA) is 124 Å². The monoisotopic (exact) mass is 256 g/mol. The van der Waals surface area contributed by atoms with Crippen molar-refractivity contribution >= 4 is 17.7 Å². The molecule has 0 spiro atoms. The highest BCUT2D eigenvalue weighted by Gasteiger charge is 2.11. The summed E-state index contributed by atoms with van der Waals surface area (Å²) in [5.74, 6) is -0.0486. The summed E-state index contributed by atoms with van der Waals surface area (Å²) in [5.41, 5.74) is 0. The quantitative estimate of drug-likeness (QED) is 0.641. The zero-order valence-electron chi connectivity index (χ0n) is 8.76. The van der Waals surface area contributed by atoms with Crippen molar-refractivity contribution in [3.63, 3.8) is 0 Å². The number of thioether (sulfide) groups is 1. The van der Waals surface area contributed by atoms with E-state index in [2.05, 4.69) is 30.9 Å². The average Bonchev–Trinajstić information content (AvgIpc) is 2.84. The molecule has 0 aliphatic carbocycles. The van der Waals surface area contributed by atoms with Gasteiger partial charge in [-0.3, -0.25) is 4.79 Å². The Balaban J connectivity index is 1.99. The minimum atomic E-state index is -1.00. The lowest BCUT2D eigenvalue weighted by molar-refractivity contribution is -0.138.